The first-order chi connectivity index (χ1) is 14.4. The van der Waals surface area contributed by atoms with Crippen LogP contribution in [0.2, 0.25) is 5.02 Å². The number of amides is 2. The summed E-state index contributed by atoms with van der Waals surface area (Å²) >= 11 is 7.45. The maximum atomic E-state index is 13.1. The summed E-state index contributed by atoms with van der Waals surface area (Å²) < 4.78 is 0. The van der Waals surface area contributed by atoms with Gasteiger partial charge >= 0.3 is 0 Å². The third kappa shape index (κ3) is 6.49. The molecule has 2 amide bonds. The predicted octanol–water partition coefficient (Wildman–Crippen LogP) is 4.17. The summed E-state index contributed by atoms with van der Waals surface area (Å²) in [5, 5.41) is 3.04. The van der Waals surface area contributed by atoms with Crippen LogP contribution in [-0.4, -0.2) is 60.6 Å². The van der Waals surface area contributed by atoms with Gasteiger partial charge in [0.05, 0.1) is 10.9 Å². The molecule has 2 aromatic carbocycles. The Balaban J connectivity index is 1.60. The first kappa shape index (κ1) is 22.7. The second-order valence-electron chi connectivity index (χ2n) is 7.71. The van der Waals surface area contributed by atoms with Crippen molar-refractivity contribution < 1.29 is 9.59 Å². The van der Waals surface area contributed by atoms with Crippen LogP contribution in [0.3, 0.4) is 0 Å². The lowest BCUT2D eigenvalue weighted by molar-refractivity contribution is -0.132. The van der Waals surface area contributed by atoms with Gasteiger partial charge in [0.2, 0.25) is 11.8 Å². The lowest BCUT2D eigenvalue weighted by Gasteiger charge is -2.28. The van der Waals surface area contributed by atoms with E-state index in [0.29, 0.717) is 23.8 Å². The molecule has 0 spiro atoms. The van der Waals surface area contributed by atoms with Crippen LogP contribution in [0.15, 0.2) is 53.4 Å². The lowest BCUT2D eigenvalue weighted by atomic mass is 10.1. The summed E-state index contributed by atoms with van der Waals surface area (Å²) in [4.78, 5) is 30.5. The molecule has 30 heavy (non-hydrogen) atoms. The molecule has 1 aliphatic heterocycles. The monoisotopic (exact) mass is 445 g/mol. The van der Waals surface area contributed by atoms with Gasteiger partial charge in [-0.25, -0.2) is 0 Å². The van der Waals surface area contributed by atoms with Gasteiger partial charge in [0.1, 0.15) is 0 Å². The minimum absolute atomic E-state index is 0.0231. The van der Waals surface area contributed by atoms with Gasteiger partial charge in [0, 0.05) is 36.0 Å². The van der Waals surface area contributed by atoms with Gasteiger partial charge in [0.15, 0.2) is 0 Å². The molecular weight excluding hydrogens is 418 g/mol. The molecule has 0 saturated carbocycles. The average molecular weight is 446 g/mol. The van der Waals surface area contributed by atoms with E-state index in [9.17, 15) is 9.59 Å². The molecule has 0 radical (unpaired) electrons. The van der Waals surface area contributed by atoms with Crippen molar-refractivity contribution in [1.29, 1.82) is 0 Å². The normalized spacial score (nSPS) is 15.6. The average Bonchev–Trinajstić information content (AvgIpc) is 2.71. The molecule has 0 aliphatic carbocycles. The highest BCUT2D eigenvalue weighted by atomic mass is 35.5. The molecule has 1 unspecified atom stereocenters. The maximum Gasteiger partial charge on any atom is 0.238 e. The van der Waals surface area contributed by atoms with Crippen molar-refractivity contribution in [2.24, 2.45) is 0 Å². The van der Waals surface area contributed by atoms with Crippen molar-refractivity contribution in [3.8, 4) is 0 Å². The zero-order chi connectivity index (χ0) is 21.5. The third-order valence-corrected chi connectivity index (χ3v) is 6.54. The minimum atomic E-state index is -0.429. The third-order valence-electron chi connectivity index (χ3n) is 5.03. The van der Waals surface area contributed by atoms with E-state index in [4.69, 9.17) is 11.6 Å². The van der Waals surface area contributed by atoms with Gasteiger partial charge in [-0.2, -0.15) is 0 Å². The van der Waals surface area contributed by atoms with E-state index in [-0.39, 0.29) is 18.2 Å². The first-order valence-electron chi connectivity index (χ1n) is 10.2. The molecule has 0 aromatic heterocycles. The van der Waals surface area contributed by atoms with Crippen LogP contribution in [0.1, 0.15) is 18.4 Å². The molecule has 1 heterocycles. The Hall–Kier alpha value is -2.02. The number of halogens is 1. The smallest absolute Gasteiger partial charge is 0.238 e. The van der Waals surface area contributed by atoms with Crippen molar-refractivity contribution in [3.05, 3.63) is 59.1 Å². The number of likely N-dealkylation sites (N-methyl/N-ethyl adjacent to an activating group) is 1. The molecule has 0 fully saturated rings. The largest absolute Gasteiger partial charge is 0.341 e. The summed E-state index contributed by atoms with van der Waals surface area (Å²) in [5.41, 5.74) is 1.99. The molecule has 160 valence electrons. The highest BCUT2D eigenvalue weighted by Crippen LogP contribution is 2.38. The molecule has 5 nitrogen and oxygen atoms in total. The van der Waals surface area contributed by atoms with Crippen molar-refractivity contribution in [3.63, 3.8) is 0 Å². The molecule has 1 atom stereocenters. The van der Waals surface area contributed by atoms with Gasteiger partial charge in [-0.3, -0.25) is 9.59 Å². The number of hydrogen-bond acceptors (Lipinski definition) is 4. The number of aryl methyl sites for hydroxylation is 1. The quantitative estimate of drug-likeness (QED) is 0.629. The van der Waals surface area contributed by atoms with E-state index in [1.54, 1.807) is 12.1 Å². The zero-order valence-electron chi connectivity index (χ0n) is 17.4. The number of carbonyl (C=O) groups is 2. The molecule has 0 saturated heterocycles. The highest BCUT2D eigenvalue weighted by Gasteiger charge is 2.30. The van der Waals surface area contributed by atoms with E-state index in [1.807, 2.05) is 43.3 Å². The van der Waals surface area contributed by atoms with Gasteiger partial charge in [0.25, 0.3) is 0 Å². The Kier molecular flexibility index (Phi) is 8.19. The summed E-state index contributed by atoms with van der Waals surface area (Å²) in [6.07, 6.45) is 2.02. The van der Waals surface area contributed by atoms with Crippen LogP contribution in [0.5, 0.6) is 0 Å². The van der Waals surface area contributed by atoms with E-state index in [1.165, 1.54) is 17.3 Å². The SMILES string of the molecule is CN(C)CCN(CCCc1ccccc1)C(=O)CC1Sc2ccc(Cl)cc2NC1=O. The molecule has 3 rings (SSSR count). The van der Waals surface area contributed by atoms with Gasteiger partial charge in [-0.05, 0) is 50.7 Å². The Morgan fingerprint density at radius 1 is 1.10 bits per heavy atom. The Labute approximate surface area is 187 Å². The summed E-state index contributed by atoms with van der Waals surface area (Å²) in [7, 11) is 4.00. The van der Waals surface area contributed by atoms with Gasteiger partial charge in [-0.1, -0.05) is 41.9 Å². The zero-order valence-corrected chi connectivity index (χ0v) is 19.0. The summed E-state index contributed by atoms with van der Waals surface area (Å²) in [6.45, 7) is 2.14. The van der Waals surface area contributed by atoms with Gasteiger partial charge in [-0.15, -0.1) is 11.8 Å². The second kappa shape index (κ2) is 10.8. The predicted molar refractivity (Wildman–Crippen MR) is 124 cm³/mol. The van der Waals surface area contributed by atoms with Crippen LogP contribution in [-0.2, 0) is 16.0 Å². The summed E-state index contributed by atoms with van der Waals surface area (Å²) in [5.74, 6) is -0.116. The van der Waals surface area contributed by atoms with Crippen molar-refractivity contribution >= 4 is 40.9 Å². The van der Waals surface area contributed by atoms with E-state index >= 15 is 0 Å². The Morgan fingerprint density at radius 2 is 1.87 bits per heavy atom. The van der Waals surface area contributed by atoms with E-state index in [2.05, 4.69) is 22.3 Å². The second-order valence-corrected chi connectivity index (χ2v) is 9.39. The van der Waals surface area contributed by atoms with Crippen molar-refractivity contribution in [2.75, 3.05) is 39.0 Å². The Morgan fingerprint density at radius 3 is 2.60 bits per heavy atom. The maximum absolute atomic E-state index is 13.1. The fraction of sp³-hybridized carbons (Fsp3) is 0.391. The molecular formula is C23H28ClN3O2S. The molecule has 7 heteroatoms. The Bertz CT molecular complexity index is 876. The molecule has 1 N–H and O–H groups in total. The number of fused-ring (bicyclic) bond motifs is 1. The number of nitrogens with one attached hydrogen (secondary N) is 1. The van der Waals surface area contributed by atoms with Crippen LogP contribution < -0.4 is 5.32 Å². The first-order valence-corrected chi connectivity index (χ1v) is 11.4. The molecule has 1 aliphatic rings. The number of hydrogen-bond donors (Lipinski definition) is 1. The highest BCUT2D eigenvalue weighted by molar-refractivity contribution is 8.01. The lowest BCUT2D eigenvalue weighted by Crippen LogP contribution is -2.41. The molecule has 0 bridgehead atoms. The number of anilines is 1. The van der Waals surface area contributed by atoms with Crippen LogP contribution >= 0.6 is 23.4 Å². The number of rotatable bonds is 9. The van der Waals surface area contributed by atoms with Crippen LogP contribution in [0.4, 0.5) is 5.69 Å². The topological polar surface area (TPSA) is 52.6 Å². The number of carbonyl (C=O) groups excluding carboxylic acids is 2. The van der Waals surface area contributed by atoms with Gasteiger partial charge < -0.3 is 15.1 Å². The van der Waals surface area contributed by atoms with E-state index in [0.717, 1.165) is 24.3 Å². The van der Waals surface area contributed by atoms with Crippen LogP contribution in [0, 0.1) is 0 Å². The number of thioether (sulfide) groups is 1. The van der Waals surface area contributed by atoms with Crippen LogP contribution in [0.25, 0.3) is 0 Å². The minimum Gasteiger partial charge on any atom is -0.341 e. The van der Waals surface area contributed by atoms with Crippen molar-refractivity contribution in [2.45, 2.75) is 29.4 Å². The van der Waals surface area contributed by atoms with E-state index < -0.39 is 5.25 Å². The fourth-order valence-electron chi connectivity index (χ4n) is 3.35. The number of nitrogens with zero attached hydrogens (tertiary/aromatic N) is 2. The standard InChI is InChI=1S/C23H28ClN3O2S/c1-26(2)13-14-27(12-6-9-17-7-4-3-5-8-17)22(28)16-21-23(29)25-19-15-18(24)10-11-20(19)30-21/h3-5,7-8,10-11,15,21H,6,9,12-14,16H2,1-2H3,(H,25,29). The number of benzene rings is 2. The fourth-order valence-corrected chi connectivity index (χ4v) is 4.60. The summed E-state index contributed by atoms with van der Waals surface area (Å²) in [6, 6.07) is 15.7. The molecule has 2 aromatic rings. The van der Waals surface area contributed by atoms with Crippen molar-refractivity contribution in [1.82, 2.24) is 9.80 Å².